The minimum absolute atomic E-state index is 0.00817. The summed E-state index contributed by atoms with van der Waals surface area (Å²) < 4.78 is 5.50. The van der Waals surface area contributed by atoms with Crippen LogP contribution in [0.4, 0.5) is 0 Å². The van der Waals surface area contributed by atoms with Crippen LogP contribution in [0.2, 0.25) is 0 Å². The Bertz CT molecular complexity index is 767. The van der Waals surface area contributed by atoms with Crippen molar-refractivity contribution in [2.45, 2.75) is 26.7 Å². The van der Waals surface area contributed by atoms with Crippen molar-refractivity contribution < 1.29 is 19.1 Å². The summed E-state index contributed by atoms with van der Waals surface area (Å²) in [7, 11) is 0. The number of hydrogen-bond acceptors (Lipinski definition) is 4. The molecule has 0 bridgehead atoms. The van der Waals surface area contributed by atoms with Gasteiger partial charge in [0, 0.05) is 18.4 Å². The van der Waals surface area contributed by atoms with Gasteiger partial charge in [0.2, 0.25) is 5.91 Å². The van der Waals surface area contributed by atoms with Gasteiger partial charge in [0.25, 0.3) is 5.91 Å². The molecule has 0 aliphatic rings. The molecule has 0 fully saturated rings. The first-order valence-electron chi connectivity index (χ1n) is 8.32. The molecule has 0 saturated carbocycles. The molecule has 2 N–H and O–H groups in total. The zero-order valence-corrected chi connectivity index (χ0v) is 14.9. The number of Topliss-reactive ketones (excluding diaryl/α,β-unsaturated/α-hetero) is 1. The van der Waals surface area contributed by atoms with Gasteiger partial charge in [-0.05, 0) is 25.0 Å². The molecule has 0 aliphatic heterocycles. The number of carbonyl (C=O) groups excluding carboxylic acids is 3. The summed E-state index contributed by atoms with van der Waals surface area (Å²) >= 11 is 0. The van der Waals surface area contributed by atoms with Crippen LogP contribution in [0.25, 0.3) is 0 Å². The van der Waals surface area contributed by atoms with Gasteiger partial charge in [-0.3, -0.25) is 25.2 Å². The van der Waals surface area contributed by atoms with Crippen LogP contribution in [0.3, 0.4) is 0 Å². The largest absolute Gasteiger partial charge is 0.483 e. The van der Waals surface area contributed by atoms with Crippen molar-refractivity contribution in [3.05, 3.63) is 65.2 Å². The predicted molar refractivity (Wildman–Crippen MR) is 97.7 cm³/mol. The highest BCUT2D eigenvalue weighted by Crippen LogP contribution is 2.21. The SMILES string of the molecule is Cc1cccc(C)c1OCC(=O)NNC(=O)CCC(=O)c1ccccc1. The van der Waals surface area contributed by atoms with Crippen molar-refractivity contribution in [3.8, 4) is 5.75 Å². The van der Waals surface area contributed by atoms with E-state index in [0.717, 1.165) is 11.1 Å². The van der Waals surface area contributed by atoms with E-state index in [2.05, 4.69) is 10.9 Å². The lowest BCUT2D eigenvalue weighted by molar-refractivity contribution is -0.130. The lowest BCUT2D eigenvalue weighted by Gasteiger charge is -2.12. The van der Waals surface area contributed by atoms with Gasteiger partial charge < -0.3 is 4.74 Å². The third-order valence-electron chi connectivity index (χ3n) is 3.77. The fourth-order valence-corrected chi connectivity index (χ4v) is 2.40. The predicted octanol–water partition coefficient (Wildman–Crippen LogP) is 2.49. The Kier molecular flexibility index (Phi) is 6.91. The highest BCUT2D eigenvalue weighted by atomic mass is 16.5. The van der Waals surface area contributed by atoms with Crippen molar-refractivity contribution in [2.24, 2.45) is 0 Å². The molecule has 0 aliphatic carbocycles. The first kappa shape index (κ1) is 19.2. The van der Waals surface area contributed by atoms with Crippen LogP contribution < -0.4 is 15.6 Å². The maximum atomic E-state index is 11.9. The molecular formula is C20H22N2O4. The summed E-state index contributed by atoms with van der Waals surface area (Å²) in [6, 6.07) is 14.5. The van der Waals surface area contributed by atoms with E-state index in [1.165, 1.54) is 0 Å². The number of carbonyl (C=O) groups is 3. The highest BCUT2D eigenvalue weighted by molar-refractivity contribution is 5.98. The quantitative estimate of drug-likeness (QED) is 0.591. The zero-order valence-electron chi connectivity index (χ0n) is 14.9. The zero-order chi connectivity index (χ0) is 18.9. The summed E-state index contributed by atoms with van der Waals surface area (Å²) in [5, 5.41) is 0. The van der Waals surface area contributed by atoms with Crippen LogP contribution in [0.5, 0.6) is 5.75 Å². The van der Waals surface area contributed by atoms with E-state index in [1.54, 1.807) is 24.3 Å². The summed E-state index contributed by atoms with van der Waals surface area (Å²) in [6.07, 6.45) is 0.0659. The molecule has 0 aromatic heterocycles. The Balaban J connectivity index is 1.70. The number of amides is 2. The third kappa shape index (κ3) is 5.73. The molecule has 0 radical (unpaired) electrons. The molecule has 0 atom stereocenters. The van der Waals surface area contributed by atoms with Crippen molar-refractivity contribution >= 4 is 17.6 Å². The second kappa shape index (κ2) is 9.36. The van der Waals surface area contributed by atoms with E-state index < -0.39 is 11.8 Å². The molecule has 0 unspecified atom stereocenters. The number of hydrogen-bond donors (Lipinski definition) is 2. The first-order valence-corrected chi connectivity index (χ1v) is 8.32. The number of ether oxygens (including phenoxy) is 1. The van der Waals surface area contributed by atoms with Crippen LogP contribution >= 0.6 is 0 Å². The molecule has 0 heterocycles. The first-order chi connectivity index (χ1) is 12.5. The number of hydrazine groups is 1. The van der Waals surface area contributed by atoms with Gasteiger partial charge in [-0.25, -0.2) is 0 Å². The molecule has 136 valence electrons. The maximum absolute atomic E-state index is 11.9. The van der Waals surface area contributed by atoms with Crippen LogP contribution in [-0.4, -0.2) is 24.2 Å². The standard InChI is InChI=1S/C20H22N2O4/c1-14-7-6-8-15(2)20(14)26-13-19(25)22-21-18(24)12-11-17(23)16-9-4-3-5-10-16/h3-10H,11-13H2,1-2H3,(H,21,24)(H,22,25). The second-order valence-electron chi connectivity index (χ2n) is 5.90. The summed E-state index contributed by atoms with van der Waals surface area (Å²) in [5.74, 6) is -0.377. The number of para-hydroxylation sites is 1. The van der Waals surface area contributed by atoms with Gasteiger partial charge in [-0.1, -0.05) is 48.5 Å². The lowest BCUT2D eigenvalue weighted by Crippen LogP contribution is -2.43. The molecular weight excluding hydrogens is 332 g/mol. The van der Waals surface area contributed by atoms with Gasteiger partial charge in [-0.2, -0.15) is 0 Å². The Labute approximate surface area is 152 Å². The number of ketones is 1. The molecule has 6 heteroatoms. The molecule has 2 aromatic carbocycles. The van der Waals surface area contributed by atoms with Crippen LogP contribution in [-0.2, 0) is 9.59 Å². The molecule has 6 nitrogen and oxygen atoms in total. The van der Waals surface area contributed by atoms with Crippen molar-refractivity contribution in [1.29, 1.82) is 0 Å². The van der Waals surface area contributed by atoms with E-state index in [1.807, 2.05) is 38.1 Å². The monoisotopic (exact) mass is 354 g/mol. The number of rotatable bonds is 7. The van der Waals surface area contributed by atoms with Crippen molar-refractivity contribution in [1.82, 2.24) is 10.9 Å². The van der Waals surface area contributed by atoms with Crippen molar-refractivity contribution in [3.63, 3.8) is 0 Å². The molecule has 2 amide bonds. The smallest absolute Gasteiger partial charge is 0.276 e. The van der Waals surface area contributed by atoms with E-state index in [-0.39, 0.29) is 25.2 Å². The van der Waals surface area contributed by atoms with Gasteiger partial charge in [0.15, 0.2) is 12.4 Å². The van der Waals surface area contributed by atoms with Gasteiger partial charge >= 0.3 is 0 Å². The average molecular weight is 354 g/mol. The molecule has 2 rings (SSSR count). The fourth-order valence-electron chi connectivity index (χ4n) is 2.40. The minimum Gasteiger partial charge on any atom is -0.483 e. The highest BCUT2D eigenvalue weighted by Gasteiger charge is 2.11. The van der Waals surface area contributed by atoms with Gasteiger partial charge in [0.1, 0.15) is 5.75 Å². The Hall–Kier alpha value is -3.15. The van der Waals surface area contributed by atoms with Crippen LogP contribution in [0.15, 0.2) is 48.5 Å². The number of aryl methyl sites for hydroxylation is 2. The van der Waals surface area contributed by atoms with Crippen LogP contribution in [0, 0.1) is 13.8 Å². The Morgan fingerprint density at radius 2 is 1.42 bits per heavy atom. The Morgan fingerprint density at radius 3 is 2.08 bits per heavy atom. The summed E-state index contributed by atoms with van der Waals surface area (Å²) in [4.78, 5) is 35.5. The van der Waals surface area contributed by atoms with Gasteiger partial charge in [0.05, 0.1) is 0 Å². The molecule has 26 heavy (non-hydrogen) atoms. The second-order valence-corrected chi connectivity index (χ2v) is 5.90. The lowest BCUT2D eigenvalue weighted by atomic mass is 10.1. The van der Waals surface area contributed by atoms with E-state index in [4.69, 9.17) is 4.74 Å². The molecule has 2 aromatic rings. The normalized spacial score (nSPS) is 10.1. The molecule has 0 saturated heterocycles. The maximum Gasteiger partial charge on any atom is 0.276 e. The average Bonchev–Trinajstić information content (AvgIpc) is 2.64. The third-order valence-corrected chi connectivity index (χ3v) is 3.77. The summed E-state index contributed by atoms with van der Waals surface area (Å²) in [5.41, 5.74) is 6.99. The van der Waals surface area contributed by atoms with E-state index >= 15 is 0 Å². The minimum atomic E-state index is -0.476. The fraction of sp³-hybridized carbons (Fsp3) is 0.250. The van der Waals surface area contributed by atoms with E-state index in [9.17, 15) is 14.4 Å². The Morgan fingerprint density at radius 1 is 0.808 bits per heavy atom. The molecule has 0 spiro atoms. The topological polar surface area (TPSA) is 84.5 Å². The summed E-state index contributed by atoms with van der Waals surface area (Å²) in [6.45, 7) is 3.58. The van der Waals surface area contributed by atoms with Crippen LogP contribution in [0.1, 0.15) is 34.3 Å². The van der Waals surface area contributed by atoms with E-state index in [0.29, 0.717) is 11.3 Å². The number of benzene rings is 2. The van der Waals surface area contributed by atoms with Crippen molar-refractivity contribution in [2.75, 3.05) is 6.61 Å². The van der Waals surface area contributed by atoms with Gasteiger partial charge in [-0.15, -0.1) is 0 Å². The number of nitrogens with one attached hydrogen (secondary N) is 2.